The Kier molecular flexibility index (Phi) is 36.9. The molecule has 2 fully saturated rings. The third-order valence-corrected chi connectivity index (χ3v) is 23.0. The molecule has 3 aromatic heterocycles. The second kappa shape index (κ2) is 47.2. The number of amides is 17. The van der Waals surface area contributed by atoms with Gasteiger partial charge in [-0.3, -0.25) is 81.5 Å². The van der Waals surface area contributed by atoms with E-state index >= 15 is 9.59 Å². The number of primary amides is 2. The van der Waals surface area contributed by atoms with Gasteiger partial charge >= 0.3 is 0 Å². The molecule has 0 bridgehead atoms. The van der Waals surface area contributed by atoms with Crippen molar-refractivity contribution in [3.63, 3.8) is 0 Å². The summed E-state index contributed by atoms with van der Waals surface area (Å²) in [5.74, 6) is -16.2. The number of fused-ring (bicyclic) bond motifs is 3. The van der Waals surface area contributed by atoms with Gasteiger partial charge in [0.25, 0.3) is 0 Å². The summed E-state index contributed by atoms with van der Waals surface area (Å²) in [7, 11) is 5.28. The highest BCUT2D eigenvalue weighted by Crippen LogP contribution is 2.26. The number of rotatable bonds is 22. The number of aliphatic hydroxyl groups is 1. The van der Waals surface area contributed by atoms with E-state index in [4.69, 9.17) is 11.5 Å². The van der Waals surface area contributed by atoms with E-state index < -0.39 is 211 Å². The van der Waals surface area contributed by atoms with Crippen molar-refractivity contribution in [2.24, 2.45) is 17.4 Å². The molecule has 18 N–H and O–H groups in total. The van der Waals surface area contributed by atoms with Crippen LogP contribution in [0.2, 0.25) is 0 Å². The van der Waals surface area contributed by atoms with Gasteiger partial charge < -0.3 is 109 Å². The lowest BCUT2D eigenvalue weighted by Gasteiger charge is -2.36. The minimum Gasteiger partial charge on any atom is -0.394 e. The van der Waals surface area contributed by atoms with Crippen LogP contribution in [-0.2, 0) is 107 Å². The fourth-order valence-electron chi connectivity index (χ4n) is 15.0. The van der Waals surface area contributed by atoms with Gasteiger partial charge in [-0.15, -0.1) is 11.8 Å². The van der Waals surface area contributed by atoms with E-state index in [1.54, 1.807) is 105 Å². The Balaban J connectivity index is 1.14. The largest absolute Gasteiger partial charge is 0.394 e. The zero-order valence-electron chi connectivity index (χ0n) is 71.8. The van der Waals surface area contributed by atoms with Crippen LogP contribution in [0.25, 0.3) is 21.8 Å². The van der Waals surface area contributed by atoms with Crippen molar-refractivity contribution >= 4 is 134 Å². The minimum absolute atomic E-state index is 0.0167. The van der Waals surface area contributed by atoms with Gasteiger partial charge in [-0.2, -0.15) is 0 Å². The fraction of sp³-hybridized carbons (Fsp3) is 0.506. The molecule has 0 spiro atoms. The summed E-state index contributed by atoms with van der Waals surface area (Å²) in [5.41, 5.74) is 14.4. The Labute approximate surface area is 727 Å². The second-order valence-electron chi connectivity index (χ2n) is 31.9. The van der Waals surface area contributed by atoms with Crippen molar-refractivity contribution in [3.8, 4) is 0 Å². The molecule has 0 radical (unpaired) electrons. The van der Waals surface area contributed by atoms with E-state index in [9.17, 15) is 77.0 Å². The Morgan fingerprint density at radius 2 is 1.10 bits per heavy atom. The molecule has 2 aliphatic heterocycles. The number of likely N-dealkylation sites (N-methyl/N-ethyl adjacent to an activating group) is 4. The van der Waals surface area contributed by atoms with E-state index in [1.165, 1.54) is 52.5 Å². The maximum atomic E-state index is 15.5. The average Bonchev–Trinajstić information content (AvgIpc) is 1.22. The molecule has 2 saturated heterocycles. The van der Waals surface area contributed by atoms with Gasteiger partial charge in [-0.1, -0.05) is 120 Å². The van der Waals surface area contributed by atoms with Gasteiger partial charge in [0, 0.05) is 112 Å². The highest BCUT2D eigenvalue weighted by atomic mass is 32.2. The number of hydrogen-bond donors (Lipinski definition) is 16. The number of unbranched alkanes of at least 4 members (excludes halogenated alkanes) is 2. The van der Waals surface area contributed by atoms with Crippen LogP contribution < -0.4 is 64.6 Å². The number of aliphatic hydroxyl groups excluding tert-OH is 1. The quantitative estimate of drug-likeness (QED) is 0.0358. The van der Waals surface area contributed by atoms with Crippen LogP contribution in [0, 0.1) is 5.92 Å². The van der Waals surface area contributed by atoms with Crippen LogP contribution >= 0.6 is 11.8 Å². The number of nitrogens with zero attached hydrogens (tertiary/aromatic N) is 6. The number of carbonyl (C=O) groups is 17. The van der Waals surface area contributed by atoms with Crippen molar-refractivity contribution in [2.75, 3.05) is 72.5 Å². The van der Waals surface area contributed by atoms with Crippen molar-refractivity contribution in [2.45, 2.75) is 197 Å². The molecular weight excluding hydrogens is 1640 g/mol. The van der Waals surface area contributed by atoms with Gasteiger partial charge in [0.2, 0.25) is 100 Å². The van der Waals surface area contributed by atoms with Gasteiger partial charge in [0.05, 0.1) is 44.7 Å². The number of benzene rings is 3. The molecule has 1 unspecified atom stereocenters. The third-order valence-electron chi connectivity index (χ3n) is 22.0. The highest BCUT2D eigenvalue weighted by Gasteiger charge is 2.44. The number of aromatic amines is 3. The van der Waals surface area contributed by atoms with Gasteiger partial charge in [-0.05, 0) is 73.8 Å². The van der Waals surface area contributed by atoms with Crippen LogP contribution in [0.1, 0.15) is 121 Å². The molecule has 0 saturated carbocycles. The molecule has 676 valence electrons. The summed E-state index contributed by atoms with van der Waals surface area (Å²) < 4.78 is 0. The van der Waals surface area contributed by atoms with Gasteiger partial charge in [0.15, 0.2) is 0 Å². The molecular formula is C85H117N21O18S. The monoisotopic (exact) mass is 1750 g/mol. The van der Waals surface area contributed by atoms with E-state index in [0.717, 1.165) is 31.4 Å². The summed E-state index contributed by atoms with van der Waals surface area (Å²) in [6.45, 7) is 5.26. The van der Waals surface area contributed by atoms with E-state index in [1.807, 2.05) is 13.8 Å². The van der Waals surface area contributed by atoms with Crippen LogP contribution in [0.3, 0.4) is 0 Å². The zero-order chi connectivity index (χ0) is 91.3. The lowest BCUT2D eigenvalue weighted by atomic mass is 10.00. The first kappa shape index (κ1) is 97.7. The Bertz CT molecular complexity index is 4810. The summed E-state index contributed by atoms with van der Waals surface area (Å²) in [4.78, 5) is 263. The highest BCUT2D eigenvalue weighted by molar-refractivity contribution is 8.00. The van der Waals surface area contributed by atoms with Gasteiger partial charge in [-0.25, -0.2) is 4.98 Å². The Morgan fingerprint density at radius 1 is 0.552 bits per heavy atom. The maximum Gasteiger partial charge on any atom is 0.246 e. The van der Waals surface area contributed by atoms with Crippen molar-refractivity contribution in [1.82, 2.24) is 97.6 Å². The SMILES string of the molecule is CCCC[C@H]1C(=O)N(C)[C@@H](CCCC)C(=O)NCC(=O)N[C@H](C(=O)NCC(N)=O)CSCC(=O)NC(Cc2ccccc2)C(=O)N(C)[C@@H](C)C(=O)N[C@@H](CC(N)=O)C(=O)N2CCC[C@H]2C(=O)N[C@@H](Cc2cnc[nH]2)C(=O)N[C@@H](CC(C)C)C(=O)N(C)CC(=O)N[C@@H](Cc2c[nH]c3ccccc23)C(=O)N[C@@H](CO)C(=O)N[C@@H](Cc2c[nH]c3ccccc23)C(=O)N1C. The molecule has 39 nitrogen and oxygen atoms in total. The van der Waals surface area contributed by atoms with Crippen LogP contribution in [0.4, 0.5) is 0 Å². The first-order chi connectivity index (χ1) is 59.6. The van der Waals surface area contributed by atoms with Crippen molar-refractivity contribution in [3.05, 3.63) is 126 Å². The van der Waals surface area contributed by atoms with Crippen molar-refractivity contribution < 1.29 is 86.6 Å². The first-order valence-corrected chi connectivity index (χ1v) is 42.9. The molecule has 0 aliphatic carbocycles. The molecule has 8 rings (SSSR count). The first-order valence-electron chi connectivity index (χ1n) is 41.8. The number of imidazole rings is 1. The van der Waals surface area contributed by atoms with Crippen LogP contribution in [0.15, 0.2) is 104 Å². The van der Waals surface area contributed by atoms with Crippen LogP contribution in [-0.4, -0.2) is 295 Å². The lowest BCUT2D eigenvalue weighted by molar-refractivity contribution is -0.149. The Morgan fingerprint density at radius 3 is 1.70 bits per heavy atom. The topological polar surface area (TPSA) is 559 Å². The third kappa shape index (κ3) is 27.9. The number of carbonyl (C=O) groups excluding carboxylic acids is 17. The maximum absolute atomic E-state index is 15.5. The standard InChI is InChI=1S/C85H117N21O18S/c1-10-12-28-66-79(118)92-42-71(110)96-65(75(114)91-41-70(87)109)45-125-46-73(112)95-61(33-50-22-15-14-16-23-50)82(121)103(7)49(5)74(113)98-63(37-69(86)108)84(123)106-31-21-30-67(106)80(119)97-59(36-53-40-88-47-93-53)77(116)99-60(32-48(3)4)81(120)102(6)43-72(111)94-58(34-51-38-89-56-26-19-17-24-54(51)56)76(115)101-64(44-107)78(117)100-62(35-52-39-90-57-27-20-18-25-55(52)57)83(122)105(9)68(29-13-11-2)85(124)104(66)8/h14-20,22-27,38-40,47-49,58-68,89-90,107H,10-13,21,28-37,41-46H2,1-9H3,(H2,86,108)(H2,87,109)(H,88,93)(H,91,114)(H,92,118)(H,94,111)(H,95,112)(H,96,110)(H,97,119)(H,98,113)(H,99,116)(H,100,117)(H,101,115)/t49-,58-,59-,60-,61?,62-,63-,64-,65-,66-,67-,68-/m0/s1. The lowest BCUT2D eigenvalue weighted by Crippen LogP contribution is -2.61. The molecule has 2 aliphatic rings. The summed E-state index contributed by atoms with van der Waals surface area (Å²) >= 11 is 0.817. The normalized spacial score (nSPS) is 23.6. The molecule has 125 heavy (non-hydrogen) atoms. The average molecular weight is 1750 g/mol. The molecule has 6 aromatic rings. The molecule has 12 atom stereocenters. The number of aromatic nitrogens is 4. The minimum atomic E-state index is -1.83. The fourth-order valence-corrected chi connectivity index (χ4v) is 15.8. The summed E-state index contributed by atoms with van der Waals surface area (Å²) in [5, 5.41) is 38.5. The van der Waals surface area contributed by atoms with Crippen molar-refractivity contribution in [1.29, 1.82) is 0 Å². The van der Waals surface area contributed by atoms with E-state index in [0.29, 0.717) is 69.9 Å². The molecule has 3 aromatic carbocycles. The van der Waals surface area contributed by atoms with Gasteiger partial charge in [0.1, 0.15) is 72.5 Å². The molecule has 17 amide bonds. The second-order valence-corrected chi connectivity index (χ2v) is 32.9. The number of thioether (sulfide) groups is 1. The summed E-state index contributed by atoms with van der Waals surface area (Å²) in [6, 6.07) is 4.93. The zero-order valence-corrected chi connectivity index (χ0v) is 72.6. The number of hydrogen-bond acceptors (Lipinski definition) is 20. The number of H-pyrrole nitrogens is 3. The van der Waals surface area contributed by atoms with E-state index in [2.05, 4.69) is 73.1 Å². The predicted octanol–water partition coefficient (Wildman–Crippen LogP) is -1.77. The van der Waals surface area contributed by atoms with E-state index in [-0.39, 0.29) is 76.0 Å². The molecule has 40 heteroatoms. The number of nitrogens with two attached hydrogens (primary N) is 2. The number of para-hydroxylation sites is 2. The summed E-state index contributed by atoms with van der Waals surface area (Å²) in [6.07, 6.45) is 6.52. The van der Waals surface area contributed by atoms with Crippen LogP contribution in [0.5, 0.6) is 0 Å². The number of nitrogens with one attached hydrogen (secondary N) is 13. The predicted molar refractivity (Wildman–Crippen MR) is 462 cm³/mol. The Hall–Kier alpha value is -12.8. The molecule has 5 heterocycles. The smallest absolute Gasteiger partial charge is 0.246 e.